The van der Waals surface area contributed by atoms with Crippen LogP contribution in [0.25, 0.3) is 22.3 Å². The second kappa shape index (κ2) is 16.1. The Balaban J connectivity index is 1.33. The number of esters is 1. The van der Waals surface area contributed by atoms with Gasteiger partial charge in [0, 0.05) is 29.6 Å². The van der Waals surface area contributed by atoms with Crippen LogP contribution in [0.4, 0.5) is 0 Å². The maximum Gasteiger partial charge on any atom is 0.343 e. The van der Waals surface area contributed by atoms with Crippen LogP contribution in [0.5, 0.6) is 0 Å². The van der Waals surface area contributed by atoms with Crippen LogP contribution in [-0.4, -0.2) is 105 Å². The fourth-order valence-corrected chi connectivity index (χ4v) is 6.68. The number of likely N-dealkylation sites (N-methyl/N-ethyl adjacent to an activating group) is 1. The van der Waals surface area contributed by atoms with Gasteiger partial charge >= 0.3 is 5.97 Å². The van der Waals surface area contributed by atoms with E-state index in [9.17, 15) is 38.7 Å². The molecule has 9 N–H and O–H groups in total. The lowest BCUT2D eigenvalue weighted by Crippen LogP contribution is -2.56. The molecule has 1 aromatic carbocycles. The molecule has 0 fully saturated rings. The van der Waals surface area contributed by atoms with E-state index in [-0.39, 0.29) is 43.8 Å². The quantitative estimate of drug-likeness (QED) is 0.0637. The van der Waals surface area contributed by atoms with Gasteiger partial charge in [-0.05, 0) is 44.4 Å². The van der Waals surface area contributed by atoms with E-state index in [0.29, 0.717) is 23.3 Å². The number of nitrogens with two attached hydrogens (primary N) is 2. The summed E-state index contributed by atoms with van der Waals surface area (Å²) >= 11 is 0. The molecule has 0 aliphatic carbocycles. The van der Waals surface area contributed by atoms with Crippen LogP contribution in [0, 0.1) is 0 Å². The van der Waals surface area contributed by atoms with Crippen molar-refractivity contribution < 1.29 is 43.7 Å². The summed E-state index contributed by atoms with van der Waals surface area (Å²) in [6, 6.07) is 5.14. The lowest BCUT2D eigenvalue weighted by Gasteiger charge is -2.31. The number of primary amides is 1. The second-order valence-electron chi connectivity index (χ2n) is 13.2. The predicted molar refractivity (Wildman–Crippen MR) is 192 cm³/mol. The SMILES string of the molecule is CCN(CCc1c2c(nc3ccccc13)-c1cc3c(c(=O)n1C2)COC(=O)[C@]3(O)CC)C(=O)CNC(=O)[C@H](CC(N)=O)NC(=O)[C@H](C)NC(=O)[C@@H](N)CO. The normalized spacial score (nSPS) is 17.3. The fourth-order valence-electron chi connectivity index (χ4n) is 6.68. The number of aromatic nitrogens is 2. The van der Waals surface area contributed by atoms with Gasteiger partial charge in [-0.3, -0.25) is 28.8 Å². The topological polar surface area (TPSA) is 278 Å². The van der Waals surface area contributed by atoms with Crippen LogP contribution in [0.3, 0.4) is 0 Å². The highest BCUT2D eigenvalue weighted by Crippen LogP contribution is 2.40. The lowest BCUT2D eigenvalue weighted by atomic mass is 9.86. The number of amides is 5. The van der Waals surface area contributed by atoms with Crippen molar-refractivity contribution in [3.8, 4) is 11.4 Å². The molecule has 0 saturated heterocycles. The summed E-state index contributed by atoms with van der Waals surface area (Å²) in [4.78, 5) is 95.6. The van der Waals surface area contributed by atoms with Gasteiger partial charge in [0.1, 0.15) is 24.7 Å². The molecule has 18 heteroatoms. The van der Waals surface area contributed by atoms with E-state index in [2.05, 4.69) is 16.0 Å². The number of nitrogens with one attached hydrogen (secondary N) is 3. The molecular weight excluding hydrogens is 704 g/mol. The average Bonchev–Trinajstić information content (AvgIpc) is 3.52. The standard InChI is InChI=1S/C36H44N8O10/c1-4-36(53)23-12-27-30-21(15-44(27)34(51)22(23)17-54-35(36)52)19(20-8-6-7-9-25(20)41-30)10-11-43(5-2)29(47)14-39-33(50)26(13-28(38)46)42-31(48)18(3)40-32(49)24(37)16-45/h6-9,12,18,24,26,45,53H,4-5,10-11,13-17,37H2,1-3H3,(H2,38,46)(H,39,50)(H,40,49)(H,42,48)/t18-,24-,26-,36-/m0/s1. The van der Waals surface area contributed by atoms with Gasteiger partial charge in [-0.2, -0.15) is 0 Å². The van der Waals surface area contributed by atoms with Crippen molar-refractivity contribution in [3.05, 3.63) is 62.9 Å². The van der Waals surface area contributed by atoms with Crippen molar-refractivity contribution in [2.75, 3.05) is 26.2 Å². The van der Waals surface area contributed by atoms with E-state index < -0.39 is 84.4 Å². The minimum Gasteiger partial charge on any atom is -0.458 e. The summed E-state index contributed by atoms with van der Waals surface area (Å²) < 4.78 is 6.73. The van der Waals surface area contributed by atoms with Gasteiger partial charge in [0.05, 0.1) is 48.6 Å². The van der Waals surface area contributed by atoms with Gasteiger partial charge in [0.25, 0.3) is 5.56 Å². The number of benzene rings is 1. The predicted octanol–water partition coefficient (Wildman–Crippen LogP) is -2.23. The summed E-state index contributed by atoms with van der Waals surface area (Å²) in [6.45, 7) is 3.97. The summed E-state index contributed by atoms with van der Waals surface area (Å²) in [5.41, 5.74) is 12.0. The number of carbonyl (C=O) groups is 6. The number of cyclic esters (lactones) is 1. The molecule has 5 rings (SSSR count). The van der Waals surface area contributed by atoms with E-state index in [1.807, 2.05) is 24.3 Å². The molecule has 18 nitrogen and oxygen atoms in total. The fraction of sp³-hybridized carbons (Fsp3) is 0.444. The van der Waals surface area contributed by atoms with Crippen molar-refractivity contribution in [2.45, 2.75) is 76.9 Å². The first-order chi connectivity index (χ1) is 25.6. The van der Waals surface area contributed by atoms with Gasteiger partial charge in [-0.25, -0.2) is 9.78 Å². The molecule has 0 bridgehead atoms. The summed E-state index contributed by atoms with van der Waals surface area (Å²) in [7, 11) is 0. The molecule has 288 valence electrons. The first-order valence-electron chi connectivity index (χ1n) is 17.5. The molecule has 0 unspecified atom stereocenters. The molecule has 4 atom stereocenters. The highest BCUT2D eigenvalue weighted by atomic mass is 16.6. The van der Waals surface area contributed by atoms with Gasteiger partial charge in [0.2, 0.25) is 29.5 Å². The minimum atomic E-state index is -1.97. The van der Waals surface area contributed by atoms with Gasteiger partial charge < -0.3 is 51.8 Å². The van der Waals surface area contributed by atoms with Crippen molar-refractivity contribution in [1.82, 2.24) is 30.4 Å². The molecule has 0 spiro atoms. The first kappa shape index (κ1) is 39.5. The summed E-state index contributed by atoms with van der Waals surface area (Å²) in [6.07, 6.45) is -0.241. The molecule has 54 heavy (non-hydrogen) atoms. The molecule has 2 aliphatic heterocycles. The number of aliphatic hydroxyl groups is 2. The zero-order chi connectivity index (χ0) is 39.5. The Morgan fingerprint density at radius 3 is 2.46 bits per heavy atom. The summed E-state index contributed by atoms with van der Waals surface area (Å²) in [5, 5.41) is 28.2. The molecule has 0 saturated carbocycles. The van der Waals surface area contributed by atoms with E-state index in [0.717, 1.165) is 16.5 Å². The van der Waals surface area contributed by atoms with Crippen molar-refractivity contribution >= 4 is 46.4 Å². The molecule has 2 aromatic heterocycles. The van der Waals surface area contributed by atoms with Crippen molar-refractivity contribution in [3.63, 3.8) is 0 Å². The molecule has 3 aromatic rings. The Labute approximate surface area is 309 Å². The number of fused-ring (bicyclic) bond motifs is 5. The Bertz CT molecular complexity index is 2080. The number of pyridine rings is 2. The highest BCUT2D eigenvalue weighted by molar-refractivity contribution is 5.96. The highest BCUT2D eigenvalue weighted by Gasteiger charge is 2.45. The van der Waals surface area contributed by atoms with Crippen LogP contribution >= 0.6 is 0 Å². The van der Waals surface area contributed by atoms with Crippen LogP contribution < -0.4 is 33.0 Å². The first-order valence-corrected chi connectivity index (χ1v) is 17.5. The van der Waals surface area contributed by atoms with Gasteiger partial charge in [0.15, 0.2) is 5.60 Å². The maximum absolute atomic E-state index is 13.8. The van der Waals surface area contributed by atoms with Crippen LogP contribution in [0.1, 0.15) is 55.9 Å². The number of ether oxygens (including phenoxy) is 1. The van der Waals surface area contributed by atoms with E-state index in [1.54, 1.807) is 24.5 Å². The number of nitrogens with zero attached hydrogens (tertiary/aromatic N) is 3. The van der Waals surface area contributed by atoms with E-state index in [4.69, 9.17) is 26.3 Å². The Kier molecular flexibility index (Phi) is 11.8. The van der Waals surface area contributed by atoms with Gasteiger partial charge in [-0.15, -0.1) is 0 Å². The number of rotatable bonds is 15. The number of aliphatic hydroxyl groups excluding tert-OH is 1. The molecule has 0 radical (unpaired) electrons. The maximum atomic E-state index is 13.8. The van der Waals surface area contributed by atoms with Gasteiger partial charge in [-0.1, -0.05) is 25.1 Å². The number of hydrogen-bond acceptors (Lipinski definition) is 12. The molecular formula is C36H44N8O10. The van der Waals surface area contributed by atoms with Crippen LogP contribution in [-0.2, 0) is 58.7 Å². The zero-order valence-corrected chi connectivity index (χ0v) is 30.1. The van der Waals surface area contributed by atoms with Crippen LogP contribution in [0.15, 0.2) is 35.1 Å². The minimum absolute atomic E-state index is 0.00725. The Morgan fingerprint density at radius 2 is 1.80 bits per heavy atom. The number of carbonyl (C=O) groups excluding carboxylic acids is 6. The molecule has 5 amide bonds. The summed E-state index contributed by atoms with van der Waals surface area (Å²) in [5.74, 6) is -4.68. The van der Waals surface area contributed by atoms with Crippen molar-refractivity contribution in [2.24, 2.45) is 11.5 Å². The number of para-hydroxylation sites is 1. The Morgan fingerprint density at radius 1 is 1.07 bits per heavy atom. The monoisotopic (exact) mass is 748 g/mol. The smallest absolute Gasteiger partial charge is 0.343 e. The third-order valence-corrected chi connectivity index (χ3v) is 9.82. The number of hydrogen-bond donors (Lipinski definition) is 7. The average molecular weight is 749 g/mol. The largest absolute Gasteiger partial charge is 0.458 e. The van der Waals surface area contributed by atoms with E-state index in [1.165, 1.54) is 11.8 Å². The molecule has 4 heterocycles. The Hall–Kier alpha value is -5.72. The third-order valence-electron chi connectivity index (χ3n) is 9.82. The lowest BCUT2D eigenvalue weighted by molar-refractivity contribution is -0.172. The van der Waals surface area contributed by atoms with Crippen LogP contribution in [0.2, 0.25) is 0 Å². The zero-order valence-electron chi connectivity index (χ0n) is 30.1. The second-order valence-corrected chi connectivity index (χ2v) is 13.2. The third kappa shape index (κ3) is 7.66. The van der Waals surface area contributed by atoms with E-state index >= 15 is 0 Å². The van der Waals surface area contributed by atoms with Crippen molar-refractivity contribution in [1.29, 1.82) is 0 Å². The molecule has 2 aliphatic rings.